The number of carbonyl (C=O) groups excluding carboxylic acids is 1. The Morgan fingerprint density at radius 3 is 2.64 bits per heavy atom. The van der Waals surface area contributed by atoms with Crippen LogP contribution in [0, 0.1) is 5.92 Å². The molecule has 0 spiro atoms. The molecule has 2 nitrogen and oxygen atoms in total. The van der Waals surface area contributed by atoms with Gasteiger partial charge in [-0.1, -0.05) is 26.0 Å². The number of hydrogen-bond acceptors (Lipinski definition) is 2. The van der Waals surface area contributed by atoms with Crippen LogP contribution in [0.1, 0.15) is 46.5 Å². The van der Waals surface area contributed by atoms with Crippen LogP contribution >= 0.6 is 0 Å². The molecule has 2 heteroatoms. The van der Waals surface area contributed by atoms with Crippen LogP contribution in [0.2, 0.25) is 0 Å². The molecule has 1 unspecified atom stereocenters. The maximum absolute atomic E-state index is 10.5. The lowest BCUT2D eigenvalue weighted by Crippen LogP contribution is -2.09. The second-order valence-corrected chi connectivity index (χ2v) is 3.90. The van der Waals surface area contributed by atoms with Crippen molar-refractivity contribution in [2.45, 2.75) is 46.5 Å². The molecule has 14 heavy (non-hydrogen) atoms. The van der Waals surface area contributed by atoms with E-state index in [0.717, 1.165) is 25.7 Å². The van der Waals surface area contributed by atoms with E-state index in [1.54, 1.807) is 0 Å². The van der Waals surface area contributed by atoms with Gasteiger partial charge in [0.25, 0.3) is 0 Å². The molecule has 1 atom stereocenters. The quantitative estimate of drug-likeness (QED) is 0.463. The Morgan fingerprint density at radius 2 is 2.14 bits per heavy atom. The molecule has 0 rings (SSSR count). The minimum absolute atomic E-state index is 0.185. The highest BCUT2D eigenvalue weighted by Crippen LogP contribution is 2.13. The maximum atomic E-state index is 10.5. The van der Waals surface area contributed by atoms with Crippen molar-refractivity contribution in [3.63, 3.8) is 0 Å². The molecule has 0 saturated carbocycles. The zero-order valence-electron chi connectivity index (χ0n) is 9.64. The van der Waals surface area contributed by atoms with Gasteiger partial charge in [-0.2, -0.15) is 0 Å². The summed E-state index contributed by atoms with van der Waals surface area (Å²) >= 11 is 0. The smallest absolute Gasteiger partial charge is 0.302 e. The van der Waals surface area contributed by atoms with Gasteiger partial charge < -0.3 is 4.74 Å². The van der Waals surface area contributed by atoms with Crippen LogP contribution in [0.4, 0.5) is 0 Å². The standard InChI is InChI=1S/C12H22O2/c1-5-10(2)7-6-8-11(3)9-14-12(4)13/h11H,2,5-9H2,1,3-4H3. The second kappa shape index (κ2) is 7.60. The van der Waals surface area contributed by atoms with Gasteiger partial charge in [-0.05, 0) is 31.6 Å². The molecule has 0 aliphatic carbocycles. The predicted molar refractivity (Wildman–Crippen MR) is 59.1 cm³/mol. The van der Waals surface area contributed by atoms with E-state index in [1.807, 2.05) is 0 Å². The fraction of sp³-hybridized carbons (Fsp3) is 0.750. The van der Waals surface area contributed by atoms with Gasteiger partial charge in [0.15, 0.2) is 0 Å². The van der Waals surface area contributed by atoms with Crippen LogP contribution in [0.15, 0.2) is 12.2 Å². The molecule has 0 aromatic rings. The lowest BCUT2D eigenvalue weighted by molar-refractivity contribution is -0.142. The van der Waals surface area contributed by atoms with E-state index >= 15 is 0 Å². The summed E-state index contributed by atoms with van der Waals surface area (Å²) in [6, 6.07) is 0. The summed E-state index contributed by atoms with van der Waals surface area (Å²) in [6.07, 6.45) is 4.42. The minimum Gasteiger partial charge on any atom is -0.466 e. The van der Waals surface area contributed by atoms with Gasteiger partial charge in [-0.25, -0.2) is 0 Å². The zero-order chi connectivity index (χ0) is 11.0. The minimum atomic E-state index is -0.185. The van der Waals surface area contributed by atoms with Crippen LogP contribution in [0.25, 0.3) is 0 Å². The first-order valence-electron chi connectivity index (χ1n) is 5.36. The third-order valence-electron chi connectivity index (χ3n) is 2.30. The van der Waals surface area contributed by atoms with Gasteiger partial charge in [0.2, 0.25) is 0 Å². The molecule has 0 saturated heterocycles. The Morgan fingerprint density at radius 1 is 1.50 bits per heavy atom. The van der Waals surface area contributed by atoms with E-state index in [-0.39, 0.29) is 5.97 Å². The van der Waals surface area contributed by atoms with Crippen molar-refractivity contribution >= 4 is 5.97 Å². The number of rotatable bonds is 7. The second-order valence-electron chi connectivity index (χ2n) is 3.90. The largest absolute Gasteiger partial charge is 0.466 e. The molecule has 0 bridgehead atoms. The van der Waals surface area contributed by atoms with Crippen molar-refractivity contribution in [2.75, 3.05) is 6.61 Å². The van der Waals surface area contributed by atoms with Gasteiger partial charge in [0.1, 0.15) is 0 Å². The molecule has 0 aliphatic heterocycles. The Kier molecular flexibility index (Phi) is 7.17. The van der Waals surface area contributed by atoms with Crippen molar-refractivity contribution in [3.05, 3.63) is 12.2 Å². The first kappa shape index (κ1) is 13.2. The van der Waals surface area contributed by atoms with E-state index in [2.05, 4.69) is 20.4 Å². The third-order valence-corrected chi connectivity index (χ3v) is 2.30. The van der Waals surface area contributed by atoms with Crippen molar-refractivity contribution in [2.24, 2.45) is 5.92 Å². The van der Waals surface area contributed by atoms with Crippen LogP contribution < -0.4 is 0 Å². The van der Waals surface area contributed by atoms with Crippen LogP contribution in [-0.4, -0.2) is 12.6 Å². The highest BCUT2D eigenvalue weighted by molar-refractivity contribution is 5.65. The lowest BCUT2D eigenvalue weighted by Gasteiger charge is -2.11. The fourth-order valence-electron chi connectivity index (χ4n) is 1.22. The van der Waals surface area contributed by atoms with Gasteiger partial charge in [0, 0.05) is 6.92 Å². The molecule has 0 heterocycles. The molecular weight excluding hydrogens is 176 g/mol. The van der Waals surface area contributed by atoms with E-state index in [0.29, 0.717) is 12.5 Å². The van der Waals surface area contributed by atoms with Crippen LogP contribution in [0.3, 0.4) is 0 Å². The topological polar surface area (TPSA) is 26.3 Å². The van der Waals surface area contributed by atoms with Crippen molar-refractivity contribution in [1.82, 2.24) is 0 Å². The zero-order valence-corrected chi connectivity index (χ0v) is 9.64. The average molecular weight is 198 g/mol. The first-order valence-corrected chi connectivity index (χ1v) is 5.36. The summed E-state index contributed by atoms with van der Waals surface area (Å²) in [5.74, 6) is 0.276. The highest BCUT2D eigenvalue weighted by atomic mass is 16.5. The van der Waals surface area contributed by atoms with Crippen molar-refractivity contribution < 1.29 is 9.53 Å². The van der Waals surface area contributed by atoms with Gasteiger partial charge >= 0.3 is 5.97 Å². The SMILES string of the molecule is C=C(CC)CCCC(C)COC(C)=O. The molecule has 0 radical (unpaired) electrons. The molecule has 0 amide bonds. The third kappa shape index (κ3) is 7.84. The molecular formula is C12H22O2. The van der Waals surface area contributed by atoms with E-state index in [9.17, 15) is 4.79 Å². The molecule has 0 aliphatic rings. The van der Waals surface area contributed by atoms with E-state index in [4.69, 9.17) is 4.74 Å². The highest BCUT2D eigenvalue weighted by Gasteiger charge is 2.04. The maximum Gasteiger partial charge on any atom is 0.302 e. The summed E-state index contributed by atoms with van der Waals surface area (Å²) in [5.41, 5.74) is 1.31. The van der Waals surface area contributed by atoms with Crippen LogP contribution in [-0.2, 0) is 9.53 Å². The summed E-state index contributed by atoms with van der Waals surface area (Å²) < 4.78 is 4.93. The predicted octanol–water partition coefficient (Wildman–Crippen LogP) is 3.32. The monoisotopic (exact) mass is 198 g/mol. The number of ether oxygens (including phenoxy) is 1. The van der Waals surface area contributed by atoms with Gasteiger partial charge in [-0.15, -0.1) is 0 Å². The average Bonchev–Trinajstić information content (AvgIpc) is 2.14. The number of allylic oxidation sites excluding steroid dienone is 1. The fourth-order valence-corrected chi connectivity index (χ4v) is 1.22. The number of esters is 1. The Hall–Kier alpha value is -0.790. The summed E-state index contributed by atoms with van der Waals surface area (Å²) in [6.45, 7) is 10.2. The van der Waals surface area contributed by atoms with Crippen molar-refractivity contribution in [3.8, 4) is 0 Å². The molecule has 0 fully saturated rings. The van der Waals surface area contributed by atoms with Crippen molar-refractivity contribution in [1.29, 1.82) is 0 Å². The Bertz CT molecular complexity index is 185. The summed E-state index contributed by atoms with van der Waals surface area (Å²) in [4.78, 5) is 10.5. The number of carbonyl (C=O) groups is 1. The van der Waals surface area contributed by atoms with Gasteiger partial charge in [-0.3, -0.25) is 4.79 Å². The summed E-state index contributed by atoms with van der Waals surface area (Å²) in [5, 5.41) is 0. The Labute approximate surface area is 87.3 Å². The molecule has 82 valence electrons. The summed E-state index contributed by atoms with van der Waals surface area (Å²) in [7, 11) is 0. The number of hydrogen-bond donors (Lipinski definition) is 0. The Balaban J connectivity index is 3.39. The lowest BCUT2D eigenvalue weighted by atomic mass is 10.0. The normalized spacial score (nSPS) is 12.2. The molecule has 0 N–H and O–H groups in total. The molecule has 0 aromatic carbocycles. The van der Waals surface area contributed by atoms with Crippen LogP contribution in [0.5, 0.6) is 0 Å². The van der Waals surface area contributed by atoms with E-state index in [1.165, 1.54) is 12.5 Å². The van der Waals surface area contributed by atoms with Gasteiger partial charge in [0.05, 0.1) is 6.61 Å². The first-order chi connectivity index (χ1) is 6.56. The molecule has 0 aromatic heterocycles. The van der Waals surface area contributed by atoms with E-state index < -0.39 is 0 Å².